The third-order valence-corrected chi connectivity index (χ3v) is 6.15. The first kappa shape index (κ1) is 24.9. The van der Waals surface area contributed by atoms with Crippen LogP contribution in [0.15, 0.2) is 66.7 Å². The second-order valence-electron chi connectivity index (χ2n) is 8.24. The van der Waals surface area contributed by atoms with Crippen molar-refractivity contribution in [2.45, 2.75) is 32.3 Å². The lowest BCUT2D eigenvalue weighted by molar-refractivity contribution is -0.125. The van der Waals surface area contributed by atoms with E-state index in [1.165, 1.54) is 0 Å². The first-order valence-electron chi connectivity index (χ1n) is 11.4. The number of carbonyl (C=O) groups excluding carboxylic acids is 2. The van der Waals surface area contributed by atoms with E-state index in [4.69, 9.17) is 32.7 Å². The molecule has 1 aliphatic heterocycles. The third kappa shape index (κ3) is 6.47. The number of fused-ring (bicyclic) bond motifs is 1. The third-order valence-electron chi connectivity index (χ3n) is 5.62. The lowest BCUT2D eigenvalue weighted by Gasteiger charge is -2.33. The van der Waals surface area contributed by atoms with E-state index in [-0.39, 0.29) is 18.2 Å². The average molecular weight is 513 g/mol. The molecular formula is C27H26Cl2N2O4. The molecule has 0 fully saturated rings. The van der Waals surface area contributed by atoms with E-state index in [2.05, 4.69) is 5.32 Å². The number of hydrogen-bond donors (Lipinski definition) is 1. The molecule has 4 rings (SSSR count). The van der Waals surface area contributed by atoms with Gasteiger partial charge in [0.25, 0.3) is 5.91 Å². The predicted octanol–water partition coefficient (Wildman–Crippen LogP) is 6.15. The number of nitrogens with one attached hydrogen (secondary N) is 1. The van der Waals surface area contributed by atoms with E-state index in [9.17, 15) is 9.59 Å². The molecule has 1 heterocycles. The van der Waals surface area contributed by atoms with Crippen LogP contribution in [0.3, 0.4) is 0 Å². The Morgan fingerprint density at radius 1 is 1.09 bits per heavy atom. The maximum absolute atomic E-state index is 12.8. The van der Waals surface area contributed by atoms with Gasteiger partial charge in [-0.25, -0.2) is 0 Å². The molecule has 2 amide bonds. The highest BCUT2D eigenvalue weighted by Gasteiger charge is 2.31. The number of hydrogen-bond acceptors (Lipinski definition) is 4. The summed E-state index contributed by atoms with van der Waals surface area (Å²) in [5.74, 6) is 0.884. The van der Waals surface area contributed by atoms with Gasteiger partial charge in [-0.2, -0.15) is 0 Å². The number of benzene rings is 3. The first-order chi connectivity index (χ1) is 16.9. The maximum atomic E-state index is 12.8. The van der Waals surface area contributed by atoms with Crippen LogP contribution in [0.5, 0.6) is 11.5 Å². The SMILES string of the molecule is CC1Oc2cc(NC(=O)CCCOc3ccc(Cl)cc3Cl)ccc2N(CCc2ccccc2)C1=O. The second kappa shape index (κ2) is 11.5. The number of halogens is 2. The molecule has 0 saturated carbocycles. The molecule has 0 aromatic heterocycles. The van der Waals surface area contributed by atoms with E-state index in [1.807, 2.05) is 36.4 Å². The minimum atomic E-state index is -0.596. The van der Waals surface area contributed by atoms with Gasteiger partial charge in [0, 0.05) is 29.7 Å². The summed E-state index contributed by atoms with van der Waals surface area (Å²) in [7, 11) is 0. The molecule has 0 spiro atoms. The summed E-state index contributed by atoms with van der Waals surface area (Å²) in [5.41, 5.74) is 2.47. The highest BCUT2D eigenvalue weighted by molar-refractivity contribution is 6.35. The van der Waals surface area contributed by atoms with Crippen LogP contribution >= 0.6 is 23.2 Å². The van der Waals surface area contributed by atoms with Crippen molar-refractivity contribution in [2.24, 2.45) is 0 Å². The van der Waals surface area contributed by atoms with Crippen LogP contribution in [0.4, 0.5) is 11.4 Å². The van der Waals surface area contributed by atoms with Crippen molar-refractivity contribution in [3.63, 3.8) is 0 Å². The van der Waals surface area contributed by atoms with Crippen LogP contribution in [-0.4, -0.2) is 31.1 Å². The molecule has 1 N–H and O–H groups in total. The van der Waals surface area contributed by atoms with Crippen molar-refractivity contribution in [3.05, 3.63) is 82.3 Å². The van der Waals surface area contributed by atoms with Crippen molar-refractivity contribution in [1.29, 1.82) is 0 Å². The molecule has 182 valence electrons. The molecule has 0 saturated heterocycles. The van der Waals surface area contributed by atoms with Crippen molar-refractivity contribution in [3.8, 4) is 11.5 Å². The van der Waals surface area contributed by atoms with Gasteiger partial charge in [-0.1, -0.05) is 53.5 Å². The Morgan fingerprint density at radius 2 is 1.89 bits per heavy atom. The van der Waals surface area contributed by atoms with Gasteiger partial charge < -0.3 is 19.7 Å². The minimum absolute atomic E-state index is 0.0778. The zero-order chi connectivity index (χ0) is 24.8. The van der Waals surface area contributed by atoms with Crippen LogP contribution in [0.25, 0.3) is 0 Å². The quantitative estimate of drug-likeness (QED) is 0.349. The molecule has 6 nitrogen and oxygen atoms in total. The normalized spacial score (nSPS) is 14.8. The number of nitrogens with zero attached hydrogens (tertiary/aromatic N) is 1. The van der Waals surface area contributed by atoms with Gasteiger partial charge in [0.05, 0.1) is 17.3 Å². The molecule has 35 heavy (non-hydrogen) atoms. The second-order valence-corrected chi connectivity index (χ2v) is 9.09. The molecule has 0 aliphatic carbocycles. The standard InChI is InChI=1S/C27H26Cl2N2O4/c1-18-27(33)31(14-13-19-6-3-2-4-7-19)23-11-10-21(17-25(23)35-18)30-26(32)8-5-15-34-24-12-9-20(28)16-22(24)29/h2-4,6-7,9-12,16-18H,5,8,13-15H2,1H3,(H,30,32). The summed E-state index contributed by atoms with van der Waals surface area (Å²) >= 11 is 12.0. The highest BCUT2D eigenvalue weighted by Crippen LogP contribution is 2.36. The molecule has 1 unspecified atom stereocenters. The molecule has 0 radical (unpaired) electrons. The first-order valence-corrected chi connectivity index (χ1v) is 12.2. The van der Waals surface area contributed by atoms with Crippen LogP contribution in [0.1, 0.15) is 25.3 Å². The van der Waals surface area contributed by atoms with Crippen molar-refractivity contribution in [1.82, 2.24) is 0 Å². The summed E-state index contributed by atoms with van der Waals surface area (Å²) in [6, 6.07) is 20.4. The van der Waals surface area contributed by atoms with Crippen LogP contribution in [-0.2, 0) is 16.0 Å². The van der Waals surface area contributed by atoms with Crippen LogP contribution in [0.2, 0.25) is 10.0 Å². The van der Waals surface area contributed by atoms with Gasteiger partial charge in [0.15, 0.2) is 6.10 Å². The summed E-state index contributed by atoms with van der Waals surface area (Å²) < 4.78 is 11.5. The van der Waals surface area contributed by atoms with Gasteiger partial charge in [0.1, 0.15) is 11.5 Å². The number of anilines is 2. The summed E-state index contributed by atoms with van der Waals surface area (Å²) in [6.45, 7) is 2.63. The van der Waals surface area contributed by atoms with E-state index in [1.54, 1.807) is 42.2 Å². The number of carbonyl (C=O) groups is 2. The summed E-state index contributed by atoms with van der Waals surface area (Å²) in [5, 5.41) is 3.85. The molecule has 3 aromatic carbocycles. The number of amides is 2. The Morgan fingerprint density at radius 3 is 2.66 bits per heavy atom. The topological polar surface area (TPSA) is 67.9 Å². The zero-order valence-electron chi connectivity index (χ0n) is 19.3. The Kier molecular flexibility index (Phi) is 8.16. The van der Waals surface area contributed by atoms with Gasteiger partial charge >= 0.3 is 0 Å². The average Bonchev–Trinajstić information content (AvgIpc) is 2.84. The largest absolute Gasteiger partial charge is 0.492 e. The predicted molar refractivity (Wildman–Crippen MR) is 139 cm³/mol. The fourth-order valence-electron chi connectivity index (χ4n) is 3.84. The van der Waals surface area contributed by atoms with Gasteiger partial charge in [-0.15, -0.1) is 0 Å². The van der Waals surface area contributed by atoms with E-state index in [0.29, 0.717) is 52.5 Å². The van der Waals surface area contributed by atoms with Crippen molar-refractivity contribution >= 4 is 46.4 Å². The molecule has 1 atom stereocenters. The minimum Gasteiger partial charge on any atom is -0.492 e. The Balaban J connectivity index is 1.32. The zero-order valence-corrected chi connectivity index (χ0v) is 20.8. The smallest absolute Gasteiger partial charge is 0.267 e. The van der Waals surface area contributed by atoms with E-state index < -0.39 is 6.10 Å². The maximum Gasteiger partial charge on any atom is 0.267 e. The fraction of sp³-hybridized carbons (Fsp3) is 0.259. The van der Waals surface area contributed by atoms with E-state index in [0.717, 1.165) is 12.0 Å². The molecule has 3 aromatic rings. The molecular weight excluding hydrogens is 487 g/mol. The lowest BCUT2D eigenvalue weighted by atomic mass is 10.1. The van der Waals surface area contributed by atoms with Gasteiger partial charge in [0.2, 0.25) is 5.91 Å². The summed E-state index contributed by atoms with van der Waals surface area (Å²) in [4.78, 5) is 26.9. The van der Waals surface area contributed by atoms with Gasteiger partial charge in [-0.3, -0.25) is 9.59 Å². The van der Waals surface area contributed by atoms with Crippen molar-refractivity contribution < 1.29 is 19.1 Å². The fourth-order valence-corrected chi connectivity index (χ4v) is 4.30. The van der Waals surface area contributed by atoms with Crippen LogP contribution < -0.4 is 19.7 Å². The van der Waals surface area contributed by atoms with Crippen LogP contribution in [0, 0.1) is 0 Å². The summed E-state index contributed by atoms with van der Waals surface area (Å²) in [6.07, 6.45) is 0.938. The molecule has 8 heteroatoms. The molecule has 0 bridgehead atoms. The Labute approximate surface area is 214 Å². The monoisotopic (exact) mass is 512 g/mol. The van der Waals surface area contributed by atoms with E-state index >= 15 is 0 Å². The van der Waals surface area contributed by atoms with Gasteiger partial charge in [-0.05, 0) is 55.7 Å². The highest BCUT2D eigenvalue weighted by atomic mass is 35.5. The number of ether oxygens (including phenoxy) is 2. The lowest BCUT2D eigenvalue weighted by Crippen LogP contribution is -2.45. The van der Waals surface area contributed by atoms with Crippen molar-refractivity contribution in [2.75, 3.05) is 23.4 Å². The Bertz CT molecular complexity index is 1200. The molecule has 1 aliphatic rings. The Hall–Kier alpha value is -3.22. The number of rotatable bonds is 9.